The predicted molar refractivity (Wildman–Crippen MR) is 68.7 cm³/mol. The van der Waals surface area contributed by atoms with E-state index in [9.17, 15) is 9.90 Å². The van der Waals surface area contributed by atoms with Crippen molar-refractivity contribution in [3.05, 3.63) is 0 Å². The third kappa shape index (κ3) is 6.03. The average Bonchev–Trinajstić information content (AvgIpc) is 2.25. The maximum Gasteiger partial charge on any atom is 0.224 e. The molecule has 0 radical (unpaired) electrons. The van der Waals surface area contributed by atoms with Gasteiger partial charge < -0.3 is 15.7 Å². The second kappa shape index (κ2) is 6.36. The summed E-state index contributed by atoms with van der Waals surface area (Å²) in [7, 11) is 0. The molecule has 0 aromatic rings. The van der Waals surface area contributed by atoms with E-state index in [4.69, 9.17) is 0 Å². The number of nitrogens with one attached hydrogen (secondary N) is 2. The number of carbonyl (C=O) groups is 1. The van der Waals surface area contributed by atoms with Crippen molar-refractivity contribution in [1.82, 2.24) is 10.6 Å². The van der Waals surface area contributed by atoms with E-state index in [1.807, 2.05) is 0 Å². The van der Waals surface area contributed by atoms with E-state index in [0.717, 1.165) is 25.9 Å². The molecule has 100 valence electrons. The fourth-order valence-electron chi connectivity index (χ4n) is 2.22. The molecule has 4 heteroatoms. The number of hydrogen-bond acceptors (Lipinski definition) is 3. The summed E-state index contributed by atoms with van der Waals surface area (Å²) in [4.78, 5) is 11.8. The maximum atomic E-state index is 11.8. The molecule has 0 aromatic carbocycles. The quantitative estimate of drug-likeness (QED) is 0.686. The first-order valence-electron chi connectivity index (χ1n) is 6.55. The van der Waals surface area contributed by atoms with Crippen LogP contribution in [0.5, 0.6) is 0 Å². The summed E-state index contributed by atoms with van der Waals surface area (Å²) in [6.45, 7) is 8.40. The zero-order valence-electron chi connectivity index (χ0n) is 11.3. The number of aliphatic hydroxyl groups is 1. The molecule has 0 bridgehead atoms. The highest BCUT2D eigenvalue weighted by atomic mass is 16.3. The van der Waals surface area contributed by atoms with Crippen LogP contribution in [0, 0.1) is 11.3 Å². The summed E-state index contributed by atoms with van der Waals surface area (Å²) < 4.78 is 0. The molecule has 1 aliphatic heterocycles. The molecule has 0 aliphatic carbocycles. The summed E-state index contributed by atoms with van der Waals surface area (Å²) in [5, 5.41) is 15.9. The van der Waals surface area contributed by atoms with Crippen LogP contribution in [0.3, 0.4) is 0 Å². The Labute approximate surface area is 104 Å². The SMILES string of the molecule is CC(C)(C)CC(O)CNC(=O)C1CCCNC1. The lowest BCUT2D eigenvalue weighted by molar-refractivity contribution is -0.126. The molecule has 4 nitrogen and oxygen atoms in total. The number of hydrogen-bond donors (Lipinski definition) is 3. The van der Waals surface area contributed by atoms with Crippen molar-refractivity contribution >= 4 is 5.91 Å². The average molecular weight is 242 g/mol. The normalized spacial score (nSPS) is 23.2. The van der Waals surface area contributed by atoms with Crippen LogP contribution in [0.25, 0.3) is 0 Å². The third-order valence-corrected chi connectivity index (χ3v) is 3.03. The molecule has 1 heterocycles. The molecule has 2 atom stereocenters. The van der Waals surface area contributed by atoms with Crippen molar-refractivity contribution in [2.24, 2.45) is 11.3 Å². The number of aliphatic hydroxyl groups excluding tert-OH is 1. The van der Waals surface area contributed by atoms with E-state index < -0.39 is 6.10 Å². The first kappa shape index (κ1) is 14.5. The van der Waals surface area contributed by atoms with Crippen LogP contribution in [0.4, 0.5) is 0 Å². The zero-order valence-corrected chi connectivity index (χ0v) is 11.3. The minimum Gasteiger partial charge on any atom is -0.391 e. The standard InChI is InChI=1S/C13H26N2O2/c1-13(2,3)7-11(16)9-15-12(17)10-5-4-6-14-8-10/h10-11,14,16H,4-9H2,1-3H3,(H,15,17). The summed E-state index contributed by atoms with van der Waals surface area (Å²) in [6, 6.07) is 0. The minimum atomic E-state index is -0.449. The lowest BCUT2D eigenvalue weighted by Crippen LogP contribution is -2.43. The number of rotatable bonds is 4. The van der Waals surface area contributed by atoms with Crippen molar-refractivity contribution < 1.29 is 9.90 Å². The van der Waals surface area contributed by atoms with Gasteiger partial charge in [0.1, 0.15) is 0 Å². The van der Waals surface area contributed by atoms with Crippen molar-refractivity contribution in [2.45, 2.75) is 46.1 Å². The van der Waals surface area contributed by atoms with Crippen molar-refractivity contribution in [1.29, 1.82) is 0 Å². The Hall–Kier alpha value is -0.610. The van der Waals surface area contributed by atoms with E-state index in [-0.39, 0.29) is 17.2 Å². The van der Waals surface area contributed by atoms with Crippen LogP contribution in [0.15, 0.2) is 0 Å². The van der Waals surface area contributed by atoms with E-state index in [1.165, 1.54) is 0 Å². The largest absolute Gasteiger partial charge is 0.391 e. The van der Waals surface area contributed by atoms with Crippen LogP contribution in [-0.4, -0.2) is 36.8 Å². The van der Waals surface area contributed by atoms with Gasteiger partial charge >= 0.3 is 0 Å². The molecule has 3 N–H and O–H groups in total. The van der Waals surface area contributed by atoms with Gasteiger partial charge in [-0.3, -0.25) is 4.79 Å². The van der Waals surface area contributed by atoms with Crippen LogP contribution >= 0.6 is 0 Å². The summed E-state index contributed by atoms with van der Waals surface area (Å²) in [6.07, 6.45) is 2.27. The number of carbonyl (C=O) groups excluding carboxylic acids is 1. The second-order valence-corrected chi connectivity index (χ2v) is 6.21. The highest BCUT2D eigenvalue weighted by molar-refractivity contribution is 5.78. The second-order valence-electron chi connectivity index (χ2n) is 6.21. The van der Waals surface area contributed by atoms with Gasteiger partial charge in [0.2, 0.25) is 5.91 Å². The van der Waals surface area contributed by atoms with Gasteiger partial charge in [-0.1, -0.05) is 20.8 Å². The Bertz CT molecular complexity index is 242. The van der Waals surface area contributed by atoms with Gasteiger partial charge in [0.25, 0.3) is 0 Å². The van der Waals surface area contributed by atoms with Crippen molar-refractivity contribution in [2.75, 3.05) is 19.6 Å². The number of piperidine rings is 1. The van der Waals surface area contributed by atoms with Gasteiger partial charge in [-0.05, 0) is 31.2 Å². The molecule has 2 unspecified atom stereocenters. The molecule has 1 saturated heterocycles. The fraction of sp³-hybridized carbons (Fsp3) is 0.923. The van der Waals surface area contributed by atoms with E-state index in [0.29, 0.717) is 13.0 Å². The van der Waals surface area contributed by atoms with Crippen molar-refractivity contribution in [3.8, 4) is 0 Å². The topological polar surface area (TPSA) is 61.4 Å². The Morgan fingerprint density at radius 1 is 1.53 bits per heavy atom. The summed E-state index contributed by atoms with van der Waals surface area (Å²) >= 11 is 0. The Morgan fingerprint density at radius 2 is 2.24 bits per heavy atom. The molecular weight excluding hydrogens is 216 g/mol. The molecule has 1 rings (SSSR count). The molecular formula is C13H26N2O2. The van der Waals surface area contributed by atoms with Crippen LogP contribution in [0.2, 0.25) is 0 Å². The Balaban J connectivity index is 2.22. The lowest BCUT2D eigenvalue weighted by Gasteiger charge is -2.25. The molecule has 0 spiro atoms. The van der Waals surface area contributed by atoms with Gasteiger partial charge in [-0.25, -0.2) is 0 Å². The molecule has 0 aromatic heterocycles. The van der Waals surface area contributed by atoms with E-state index in [2.05, 4.69) is 31.4 Å². The molecule has 1 amide bonds. The first-order valence-corrected chi connectivity index (χ1v) is 6.55. The Kier molecular flexibility index (Phi) is 5.40. The highest BCUT2D eigenvalue weighted by Crippen LogP contribution is 2.20. The van der Waals surface area contributed by atoms with Crippen LogP contribution in [-0.2, 0) is 4.79 Å². The van der Waals surface area contributed by atoms with Gasteiger partial charge in [-0.2, -0.15) is 0 Å². The smallest absolute Gasteiger partial charge is 0.224 e. The van der Waals surface area contributed by atoms with E-state index >= 15 is 0 Å². The van der Waals surface area contributed by atoms with Gasteiger partial charge in [0, 0.05) is 13.1 Å². The van der Waals surface area contributed by atoms with E-state index in [1.54, 1.807) is 0 Å². The van der Waals surface area contributed by atoms with Crippen molar-refractivity contribution in [3.63, 3.8) is 0 Å². The van der Waals surface area contributed by atoms with Crippen LogP contribution in [0.1, 0.15) is 40.0 Å². The zero-order chi connectivity index (χ0) is 12.9. The predicted octanol–water partition coefficient (Wildman–Crippen LogP) is 0.899. The monoisotopic (exact) mass is 242 g/mol. The number of amides is 1. The minimum absolute atomic E-state index is 0.0742. The summed E-state index contributed by atoms with van der Waals surface area (Å²) in [5.41, 5.74) is 0.0938. The summed E-state index contributed by atoms with van der Waals surface area (Å²) in [5.74, 6) is 0.149. The lowest BCUT2D eigenvalue weighted by atomic mass is 9.89. The highest BCUT2D eigenvalue weighted by Gasteiger charge is 2.22. The first-order chi connectivity index (χ1) is 7.88. The van der Waals surface area contributed by atoms with Gasteiger partial charge in [0.05, 0.1) is 12.0 Å². The fourth-order valence-corrected chi connectivity index (χ4v) is 2.22. The Morgan fingerprint density at radius 3 is 2.76 bits per heavy atom. The van der Waals surface area contributed by atoms with Crippen LogP contribution < -0.4 is 10.6 Å². The maximum absolute atomic E-state index is 11.8. The third-order valence-electron chi connectivity index (χ3n) is 3.03. The molecule has 0 saturated carbocycles. The molecule has 1 aliphatic rings. The van der Waals surface area contributed by atoms with Gasteiger partial charge in [0.15, 0.2) is 0 Å². The molecule has 17 heavy (non-hydrogen) atoms. The van der Waals surface area contributed by atoms with Gasteiger partial charge in [-0.15, -0.1) is 0 Å². The molecule has 1 fully saturated rings.